The van der Waals surface area contributed by atoms with E-state index in [0.29, 0.717) is 56.3 Å². The summed E-state index contributed by atoms with van der Waals surface area (Å²) in [6.45, 7) is 11.9. The standard InChI is InChI=1S/C43H63N2O10/c1-6-44(7-2)25-27-52-38(46)30-54-40(48)42(50,33-17-11-10-12-18-33)35-24-23-32(29-35)36-21-15-16-22-37(36)43(51,34-19-13-14-20-34)41(49)55-31-39(47)53-28-26-45(5,8-3)9-4/h10-12,15-18,21-22,32,34-35,50-51H,6-9,13-14,19-20,23-31H2,1-5H3/q+1. The molecule has 2 aliphatic carbocycles. The number of benzene rings is 2. The Labute approximate surface area is 326 Å². The van der Waals surface area contributed by atoms with Gasteiger partial charge in [0.05, 0.1) is 20.1 Å². The van der Waals surface area contributed by atoms with Gasteiger partial charge in [-0.15, -0.1) is 0 Å². The summed E-state index contributed by atoms with van der Waals surface area (Å²) in [5.74, 6) is -4.49. The molecule has 0 aromatic heterocycles. The number of carbonyl (C=O) groups is 4. The molecule has 0 amide bonds. The van der Waals surface area contributed by atoms with Gasteiger partial charge in [-0.1, -0.05) is 81.3 Å². The Bertz CT molecular complexity index is 1560. The number of hydrogen-bond acceptors (Lipinski definition) is 11. The minimum Gasteiger partial charge on any atom is -0.462 e. The van der Waals surface area contributed by atoms with E-state index in [9.17, 15) is 29.4 Å². The quantitative estimate of drug-likeness (QED) is 0.102. The van der Waals surface area contributed by atoms with E-state index >= 15 is 0 Å². The van der Waals surface area contributed by atoms with Crippen molar-refractivity contribution in [2.24, 2.45) is 11.8 Å². The van der Waals surface area contributed by atoms with Crippen LogP contribution in [0.1, 0.15) is 95.2 Å². The normalized spacial score (nSPS) is 19.7. The van der Waals surface area contributed by atoms with Crippen LogP contribution in [-0.2, 0) is 49.3 Å². The Kier molecular flexibility index (Phi) is 16.2. The second-order valence-electron chi connectivity index (χ2n) is 15.3. The van der Waals surface area contributed by atoms with Crippen LogP contribution in [0.25, 0.3) is 0 Å². The molecule has 0 aliphatic heterocycles. The molecule has 4 atom stereocenters. The summed E-state index contributed by atoms with van der Waals surface area (Å²) in [5, 5.41) is 24.8. The minimum absolute atomic E-state index is 0.159. The Morgan fingerprint density at radius 3 is 1.87 bits per heavy atom. The fourth-order valence-electron chi connectivity index (χ4n) is 8.20. The van der Waals surface area contributed by atoms with Crippen LogP contribution in [-0.4, -0.2) is 116 Å². The first-order chi connectivity index (χ1) is 26.4. The molecule has 4 unspecified atom stereocenters. The second kappa shape index (κ2) is 20.4. The maximum atomic E-state index is 14.0. The third-order valence-electron chi connectivity index (χ3n) is 12.2. The predicted octanol–water partition coefficient (Wildman–Crippen LogP) is 4.84. The summed E-state index contributed by atoms with van der Waals surface area (Å²) in [7, 11) is 2.09. The number of hydrogen-bond donors (Lipinski definition) is 2. The number of nitrogens with zero attached hydrogens (tertiary/aromatic N) is 2. The highest BCUT2D eigenvalue weighted by atomic mass is 16.6. The lowest BCUT2D eigenvalue weighted by atomic mass is 9.74. The van der Waals surface area contributed by atoms with E-state index in [1.165, 1.54) is 0 Å². The van der Waals surface area contributed by atoms with Crippen LogP contribution in [0.5, 0.6) is 0 Å². The zero-order chi connectivity index (χ0) is 40.1. The molecule has 2 saturated carbocycles. The Morgan fingerprint density at radius 1 is 0.709 bits per heavy atom. The Morgan fingerprint density at radius 2 is 1.27 bits per heavy atom. The van der Waals surface area contributed by atoms with Crippen LogP contribution in [0.2, 0.25) is 0 Å². The van der Waals surface area contributed by atoms with Crippen LogP contribution in [0.4, 0.5) is 0 Å². The molecule has 2 fully saturated rings. The van der Waals surface area contributed by atoms with E-state index in [-0.39, 0.29) is 19.1 Å². The highest BCUT2D eigenvalue weighted by molar-refractivity contribution is 5.85. The van der Waals surface area contributed by atoms with Gasteiger partial charge in [-0.3, -0.25) is 0 Å². The molecule has 2 aromatic carbocycles. The van der Waals surface area contributed by atoms with Crippen molar-refractivity contribution in [2.75, 3.05) is 72.7 Å². The van der Waals surface area contributed by atoms with E-state index in [4.69, 9.17) is 18.9 Å². The maximum Gasteiger partial charge on any atom is 0.344 e. The molecule has 2 N–H and O–H groups in total. The van der Waals surface area contributed by atoms with Gasteiger partial charge in [0.1, 0.15) is 19.8 Å². The zero-order valence-corrected chi connectivity index (χ0v) is 33.5. The molecule has 0 bridgehead atoms. The lowest BCUT2D eigenvalue weighted by Crippen LogP contribution is -2.46. The molecule has 55 heavy (non-hydrogen) atoms. The number of likely N-dealkylation sites (N-methyl/N-ethyl adjacent to an activating group) is 2. The topological polar surface area (TPSA) is 149 Å². The molecule has 4 rings (SSSR count). The van der Waals surface area contributed by atoms with Gasteiger partial charge < -0.3 is 38.5 Å². The molecular weight excluding hydrogens is 704 g/mol. The lowest BCUT2D eigenvalue weighted by molar-refractivity contribution is -0.906. The highest BCUT2D eigenvalue weighted by Crippen LogP contribution is 2.51. The second-order valence-corrected chi connectivity index (χ2v) is 15.3. The van der Waals surface area contributed by atoms with E-state index in [1.54, 1.807) is 42.5 Å². The smallest absolute Gasteiger partial charge is 0.344 e. The van der Waals surface area contributed by atoms with E-state index in [0.717, 1.165) is 49.1 Å². The van der Waals surface area contributed by atoms with E-state index < -0.39 is 60.1 Å². The SMILES string of the molecule is CCN(CC)CCOC(=O)COC(=O)C(O)(c1ccccc1)C1CCC(c2ccccc2C(O)(C(=O)OCC(=O)OCC[N+](C)(CC)CC)C2CCCC2)C1. The molecule has 2 aromatic rings. The zero-order valence-electron chi connectivity index (χ0n) is 33.5. The van der Waals surface area contributed by atoms with Gasteiger partial charge in [0.2, 0.25) is 0 Å². The predicted molar refractivity (Wildman–Crippen MR) is 206 cm³/mol. The molecule has 304 valence electrons. The van der Waals surface area contributed by atoms with Gasteiger partial charge in [-0.25, -0.2) is 19.2 Å². The summed E-state index contributed by atoms with van der Waals surface area (Å²) in [6, 6.07) is 15.8. The van der Waals surface area contributed by atoms with Gasteiger partial charge in [0, 0.05) is 18.4 Å². The van der Waals surface area contributed by atoms with Crippen molar-refractivity contribution in [2.45, 2.75) is 89.8 Å². The molecular formula is C43H63N2O10+. The summed E-state index contributed by atoms with van der Waals surface area (Å²) < 4.78 is 22.4. The van der Waals surface area contributed by atoms with Crippen molar-refractivity contribution < 1.29 is 52.8 Å². The molecule has 2 aliphatic rings. The van der Waals surface area contributed by atoms with Gasteiger partial charge in [0.15, 0.2) is 24.4 Å². The number of esters is 4. The molecule has 0 saturated heterocycles. The molecule has 0 heterocycles. The van der Waals surface area contributed by atoms with Gasteiger partial charge in [0.25, 0.3) is 0 Å². The van der Waals surface area contributed by atoms with Gasteiger partial charge in [-0.2, -0.15) is 0 Å². The maximum absolute atomic E-state index is 14.0. The number of carbonyl (C=O) groups excluding carboxylic acids is 4. The molecule has 12 heteroatoms. The number of rotatable bonds is 21. The van der Waals surface area contributed by atoms with E-state index in [2.05, 4.69) is 25.8 Å². The highest BCUT2D eigenvalue weighted by Gasteiger charge is 2.53. The Balaban J connectivity index is 1.51. The average molecular weight is 768 g/mol. The molecule has 12 nitrogen and oxygen atoms in total. The number of aliphatic hydroxyl groups is 2. The van der Waals surface area contributed by atoms with Crippen LogP contribution in [0.3, 0.4) is 0 Å². The first-order valence-corrected chi connectivity index (χ1v) is 20.2. The van der Waals surface area contributed by atoms with Crippen molar-refractivity contribution in [1.82, 2.24) is 4.90 Å². The van der Waals surface area contributed by atoms with Crippen LogP contribution < -0.4 is 0 Å². The van der Waals surface area contributed by atoms with Gasteiger partial charge in [-0.05, 0) is 81.6 Å². The van der Waals surface area contributed by atoms with Crippen molar-refractivity contribution in [3.05, 3.63) is 71.3 Å². The first-order valence-electron chi connectivity index (χ1n) is 20.2. The summed E-state index contributed by atoms with van der Waals surface area (Å²) in [4.78, 5) is 55.1. The summed E-state index contributed by atoms with van der Waals surface area (Å²) in [6.07, 6.45) is 4.22. The molecule has 0 spiro atoms. The minimum atomic E-state index is -2.07. The summed E-state index contributed by atoms with van der Waals surface area (Å²) >= 11 is 0. The Hall–Kier alpha value is -3.84. The van der Waals surface area contributed by atoms with Gasteiger partial charge >= 0.3 is 23.9 Å². The lowest BCUT2D eigenvalue weighted by Gasteiger charge is -2.35. The average Bonchev–Trinajstić information content (AvgIpc) is 3.95. The largest absolute Gasteiger partial charge is 0.462 e. The number of quaternary nitrogens is 1. The van der Waals surface area contributed by atoms with Crippen molar-refractivity contribution in [3.8, 4) is 0 Å². The van der Waals surface area contributed by atoms with E-state index in [1.807, 2.05) is 26.0 Å². The fourth-order valence-corrected chi connectivity index (χ4v) is 8.20. The van der Waals surface area contributed by atoms with Crippen molar-refractivity contribution in [1.29, 1.82) is 0 Å². The monoisotopic (exact) mass is 767 g/mol. The van der Waals surface area contributed by atoms with Crippen molar-refractivity contribution >= 4 is 23.9 Å². The summed E-state index contributed by atoms with van der Waals surface area (Å²) in [5.41, 5.74) is -2.62. The third kappa shape index (κ3) is 10.7. The fraction of sp³-hybridized carbons (Fsp3) is 0.628. The van der Waals surface area contributed by atoms with Crippen LogP contribution >= 0.6 is 0 Å². The number of ether oxygens (including phenoxy) is 4. The van der Waals surface area contributed by atoms with Crippen LogP contribution in [0.15, 0.2) is 54.6 Å². The third-order valence-corrected chi connectivity index (χ3v) is 12.2. The molecule has 0 radical (unpaired) electrons. The van der Waals surface area contributed by atoms with Crippen molar-refractivity contribution in [3.63, 3.8) is 0 Å². The van der Waals surface area contributed by atoms with Crippen LogP contribution in [0, 0.1) is 11.8 Å². The first kappa shape index (κ1) is 43.9.